The molecule has 8 nitrogen and oxygen atoms in total. The molecule has 0 saturated carbocycles. The van der Waals surface area contributed by atoms with Gasteiger partial charge in [0.25, 0.3) is 5.91 Å². The van der Waals surface area contributed by atoms with Crippen LogP contribution in [0.15, 0.2) is 29.3 Å². The van der Waals surface area contributed by atoms with E-state index in [2.05, 4.69) is 10.3 Å². The van der Waals surface area contributed by atoms with Gasteiger partial charge in [-0.1, -0.05) is 17.7 Å². The molecule has 9 heteroatoms. The van der Waals surface area contributed by atoms with Gasteiger partial charge >= 0.3 is 0 Å². The van der Waals surface area contributed by atoms with Crippen LogP contribution in [0.1, 0.15) is 12.5 Å². The van der Waals surface area contributed by atoms with Crippen molar-refractivity contribution in [3.63, 3.8) is 0 Å². The number of hydrogen-bond acceptors (Lipinski definition) is 5. The van der Waals surface area contributed by atoms with Crippen LogP contribution in [0.25, 0.3) is 0 Å². The van der Waals surface area contributed by atoms with E-state index < -0.39 is 17.7 Å². The van der Waals surface area contributed by atoms with Crippen LogP contribution in [0.5, 0.6) is 0 Å². The molecular weight excluding hydrogens is 390 g/mol. The van der Waals surface area contributed by atoms with E-state index in [9.17, 15) is 14.4 Å². The molecule has 1 aromatic rings. The molecule has 2 heterocycles. The molecule has 1 aromatic carbocycles. The van der Waals surface area contributed by atoms with Gasteiger partial charge in [0.1, 0.15) is 0 Å². The number of aliphatic imine (C=N–C) groups is 1. The number of quaternary nitrogens is 1. The van der Waals surface area contributed by atoms with Crippen molar-refractivity contribution in [1.29, 1.82) is 0 Å². The lowest BCUT2D eigenvalue weighted by Gasteiger charge is -2.31. The van der Waals surface area contributed by atoms with Crippen molar-refractivity contribution in [3.8, 4) is 0 Å². The van der Waals surface area contributed by atoms with Crippen LogP contribution < -0.4 is 15.1 Å². The Labute approximate surface area is 175 Å². The Morgan fingerprint density at radius 2 is 1.93 bits per heavy atom. The average molecular weight is 417 g/mol. The lowest BCUT2D eigenvalue weighted by Crippen LogP contribution is -3.15. The first-order valence-electron chi connectivity index (χ1n) is 9.71. The molecule has 29 heavy (non-hydrogen) atoms. The Bertz CT molecular complexity index is 831. The number of nitrogens with zero attached hydrogens (tertiary/aromatic N) is 3. The monoisotopic (exact) mass is 416 g/mol. The maximum absolute atomic E-state index is 12.9. The van der Waals surface area contributed by atoms with Gasteiger partial charge in [0, 0.05) is 13.1 Å². The minimum Gasteiger partial charge on any atom is -0.332 e. The Balaban J connectivity index is 1.57. The van der Waals surface area contributed by atoms with Gasteiger partial charge in [-0.2, -0.15) is 0 Å². The highest BCUT2D eigenvalue weighted by Gasteiger charge is 2.38. The first-order valence-corrected chi connectivity index (χ1v) is 10.1. The van der Waals surface area contributed by atoms with E-state index in [1.165, 1.54) is 16.0 Å². The molecule has 0 aromatic heterocycles. The van der Waals surface area contributed by atoms with Gasteiger partial charge < -0.3 is 15.1 Å². The third-order valence-electron chi connectivity index (χ3n) is 5.26. The number of hydrogen-bond donors (Lipinski definition) is 2. The highest BCUT2D eigenvalue weighted by atomic mass is 32.1. The van der Waals surface area contributed by atoms with Gasteiger partial charge in [-0.05, 0) is 31.3 Å². The summed E-state index contributed by atoms with van der Waals surface area (Å²) in [4.78, 5) is 45.4. The average Bonchev–Trinajstić information content (AvgIpc) is 2.69. The van der Waals surface area contributed by atoms with E-state index in [4.69, 9.17) is 12.2 Å². The van der Waals surface area contributed by atoms with Crippen molar-refractivity contribution in [2.24, 2.45) is 10.9 Å². The Kier molecular flexibility index (Phi) is 6.71. The lowest BCUT2D eigenvalue weighted by molar-refractivity contribution is -0.902. The highest BCUT2D eigenvalue weighted by Crippen LogP contribution is 2.20. The Morgan fingerprint density at radius 3 is 2.55 bits per heavy atom. The van der Waals surface area contributed by atoms with E-state index in [-0.39, 0.29) is 11.0 Å². The van der Waals surface area contributed by atoms with Gasteiger partial charge in [0.15, 0.2) is 11.0 Å². The van der Waals surface area contributed by atoms with E-state index in [0.29, 0.717) is 12.2 Å². The van der Waals surface area contributed by atoms with Gasteiger partial charge in [-0.25, -0.2) is 0 Å². The summed E-state index contributed by atoms with van der Waals surface area (Å²) in [5, 5.41) is 2.68. The summed E-state index contributed by atoms with van der Waals surface area (Å²) >= 11 is 5.20. The number of carbonyl (C=O) groups is 3. The molecule has 1 atom stereocenters. The summed E-state index contributed by atoms with van der Waals surface area (Å²) in [6, 6.07) is 7.38. The largest absolute Gasteiger partial charge is 0.332 e. The van der Waals surface area contributed by atoms with Gasteiger partial charge in [0.2, 0.25) is 11.8 Å². The topological polar surface area (TPSA) is 86.5 Å². The quantitative estimate of drug-likeness (QED) is 0.373. The van der Waals surface area contributed by atoms with E-state index in [1.54, 1.807) is 19.1 Å². The first-order chi connectivity index (χ1) is 13.9. The molecule has 0 unspecified atom stereocenters. The molecule has 2 aliphatic heterocycles. The van der Waals surface area contributed by atoms with E-state index in [0.717, 1.165) is 38.3 Å². The summed E-state index contributed by atoms with van der Waals surface area (Å²) in [6.07, 6.45) is 1.42. The molecule has 3 rings (SSSR count). The summed E-state index contributed by atoms with van der Waals surface area (Å²) < 4.78 is 0. The molecule has 154 valence electrons. The van der Waals surface area contributed by atoms with Crippen molar-refractivity contribution < 1.29 is 19.3 Å². The zero-order chi connectivity index (χ0) is 21.0. The van der Waals surface area contributed by atoms with Crippen LogP contribution in [-0.2, 0) is 14.4 Å². The molecule has 3 amide bonds. The number of piperazine rings is 1. The van der Waals surface area contributed by atoms with Crippen molar-refractivity contribution in [1.82, 2.24) is 10.2 Å². The van der Waals surface area contributed by atoms with Gasteiger partial charge in [-0.3, -0.25) is 24.3 Å². The highest BCUT2D eigenvalue weighted by molar-refractivity contribution is 7.80. The number of amides is 3. The number of nitrogens with one attached hydrogen (secondary N) is 2. The van der Waals surface area contributed by atoms with Crippen LogP contribution >= 0.6 is 12.2 Å². The summed E-state index contributed by atoms with van der Waals surface area (Å²) in [7, 11) is 0. The van der Waals surface area contributed by atoms with Crippen LogP contribution in [0.4, 0.5) is 5.69 Å². The predicted octanol–water partition coefficient (Wildman–Crippen LogP) is -0.823. The third kappa shape index (κ3) is 5.04. The minimum atomic E-state index is -0.993. The second kappa shape index (κ2) is 9.23. The zero-order valence-electron chi connectivity index (χ0n) is 16.7. The fourth-order valence-electron chi connectivity index (χ4n) is 3.45. The molecule has 0 radical (unpaired) electrons. The lowest BCUT2D eigenvalue weighted by atomic mass is 10.1. The number of thiocarbonyl (C=S) groups is 1. The first kappa shape index (κ1) is 21.1. The van der Waals surface area contributed by atoms with Crippen LogP contribution in [-0.4, -0.2) is 73.2 Å². The van der Waals surface area contributed by atoms with Crippen molar-refractivity contribution in [3.05, 3.63) is 29.8 Å². The molecule has 0 spiro atoms. The number of benzene rings is 1. The smallest absolute Gasteiger partial charge is 0.251 e. The normalized spacial score (nSPS) is 21.0. The van der Waals surface area contributed by atoms with Gasteiger partial charge in [-0.15, -0.1) is 0 Å². The number of rotatable bonds is 5. The summed E-state index contributed by atoms with van der Waals surface area (Å²) in [5.41, 5.74) is 1.69. The standard InChI is InChI=1S/C20H25N5O3S/c1-14-3-5-16(6-4-14)25-19(28)17(18(27)22-20(25)29)13-21-7-8-23-9-11-24(12-10-23)15(2)26/h3-6,13,17H,7-12H2,1-2H3,(H,22,27,29)/p+1/t17-/m0/s1. The number of aryl methyl sites for hydroxylation is 1. The number of carbonyl (C=O) groups excluding carboxylic acids is 3. The van der Waals surface area contributed by atoms with Crippen molar-refractivity contribution in [2.75, 3.05) is 44.2 Å². The predicted molar refractivity (Wildman–Crippen MR) is 114 cm³/mol. The fraction of sp³-hybridized carbons (Fsp3) is 0.450. The molecular formula is C20H26N5O3S+. The summed E-state index contributed by atoms with van der Waals surface area (Å²) in [5.74, 6) is -1.73. The van der Waals surface area contributed by atoms with Gasteiger partial charge in [0.05, 0.1) is 45.0 Å². The minimum absolute atomic E-state index is 0.0845. The molecule has 2 N–H and O–H groups in total. The van der Waals surface area contributed by atoms with E-state index >= 15 is 0 Å². The molecule has 0 bridgehead atoms. The molecule has 2 saturated heterocycles. The van der Waals surface area contributed by atoms with Crippen LogP contribution in [0.3, 0.4) is 0 Å². The number of anilines is 1. The van der Waals surface area contributed by atoms with Crippen molar-refractivity contribution in [2.45, 2.75) is 13.8 Å². The molecule has 0 aliphatic carbocycles. The second-order valence-electron chi connectivity index (χ2n) is 7.34. The second-order valence-corrected chi connectivity index (χ2v) is 7.73. The SMILES string of the molecule is CC(=O)N1CC[NH+](CCN=C[C@H]2C(=O)NC(=S)N(c3ccc(C)cc3)C2=O)CC1. The fourth-order valence-corrected chi connectivity index (χ4v) is 3.75. The zero-order valence-corrected chi connectivity index (χ0v) is 17.5. The van der Waals surface area contributed by atoms with E-state index in [1.807, 2.05) is 24.0 Å². The maximum atomic E-state index is 12.9. The maximum Gasteiger partial charge on any atom is 0.251 e. The molecule has 2 aliphatic rings. The third-order valence-corrected chi connectivity index (χ3v) is 5.54. The summed E-state index contributed by atoms with van der Waals surface area (Å²) in [6.45, 7) is 8.13. The molecule has 2 fully saturated rings. The Hall–Kier alpha value is -2.65. The van der Waals surface area contributed by atoms with Crippen LogP contribution in [0, 0.1) is 12.8 Å². The van der Waals surface area contributed by atoms with Crippen LogP contribution in [0.2, 0.25) is 0 Å². The van der Waals surface area contributed by atoms with Crippen molar-refractivity contribution >= 4 is 47.0 Å². The Morgan fingerprint density at radius 1 is 1.28 bits per heavy atom.